The molecule has 3 aromatic rings. The van der Waals surface area contributed by atoms with Crippen molar-refractivity contribution in [1.82, 2.24) is 20.3 Å². The number of carbonyl (C=O) groups excluding carboxylic acids is 2. The lowest BCUT2D eigenvalue weighted by Gasteiger charge is -2.39. The zero-order valence-corrected chi connectivity index (χ0v) is 18.4. The van der Waals surface area contributed by atoms with Crippen LogP contribution in [0.15, 0.2) is 24.3 Å². The highest BCUT2D eigenvalue weighted by Gasteiger charge is 2.35. The van der Waals surface area contributed by atoms with Crippen LogP contribution in [-0.4, -0.2) is 34.4 Å². The van der Waals surface area contributed by atoms with E-state index in [-0.39, 0.29) is 18.7 Å². The molecule has 1 aromatic heterocycles. The third kappa shape index (κ3) is 3.62. The van der Waals surface area contributed by atoms with Gasteiger partial charge in [0, 0.05) is 29.7 Å². The van der Waals surface area contributed by atoms with Crippen LogP contribution in [0.3, 0.4) is 0 Å². The van der Waals surface area contributed by atoms with Gasteiger partial charge in [0.2, 0.25) is 0 Å². The van der Waals surface area contributed by atoms with Gasteiger partial charge in [-0.15, -0.1) is 0 Å². The SMILES string of the molecule is Cc1ccc2c(c1)c1c3n2CCN(CC(=O)NNC(=O)c2cc(F)c(F)c(F)c2F)[C@@H]3CCC1. The standard InChI is InChI=1S/C24H22F4N4O2/c1-12-5-6-17-14(9-12)13-3-2-4-18-23(13)32(17)8-7-31(18)11-19(33)29-30-24(34)15-10-16(25)21(27)22(28)20(15)26/h5-6,9-10,18H,2-4,7-8,11H2,1H3,(H,29,33)(H,30,34)/t18-/m1/s1. The number of halogens is 4. The predicted molar refractivity (Wildman–Crippen MR) is 116 cm³/mol. The molecule has 5 rings (SSSR count). The van der Waals surface area contributed by atoms with Crippen molar-refractivity contribution in [2.24, 2.45) is 0 Å². The van der Waals surface area contributed by atoms with E-state index in [4.69, 9.17) is 0 Å². The summed E-state index contributed by atoms with van der Waals surface area (Å²) in [4.78, 5) is 26.7. The van der Waals surface area contributed by atoms with Gasteiger partial charge in [-0.3, -0.25) is 25.3 Å². The Hall–Kier alpha value is -3.40. The number of nitrogens with one attached hydrogen (secondary N) is 2. The molecule has 0 saturated heterocycles. The highest BCUT2D eigenvalue weighted by molar-refractivity contribution is 5.95. The average molecular weight is 474 g/mol. The summed E-state index contributed by atoms with van der Waals surface area (Å²) < 4.78 is 56.0. The van der Waals surface area contributed by atoms with E-state index >= 15 is 0 Å². The summed E-state index contributed by atoms with van der Waals surface area (Å²) in [6.45, 7) is 3.37. The van der Waals surface area contributed by atoms with E-state index in [1.807, 2.05) is 10.3 Å². The van der Waals surface area contributed by atoms with Crippen LogP contribution in [0.4, 0.5) is 17.6 Å². The van der Waals surface area contributed by atoms with Crippen LogP contribution < -0.4 is 10.9 Å². The van der Waals surface area contributed by atoms with E-state index in [0.29, 0.717) is 13.1 Å². The van der Waals surface area contributed by atoms with E-state index in [1.54, 1.807) is 0 Å². The van der Waals surface area contributed by atoms with E-state index < -0.39 is 40.6 Å². The number of aromatic nitrogens is 1. The first-order valence-electron chi connectivity index (χ1n) is 11.0. The maximum Gasteiger partial charge on any atom is 0.272 e. The number of benzene rings is 2. The van der Waals surface area contributed by atoms with Gasteiger partial charge in [-0.25, -0.2) is 17.6 Å². The number of nitrogens with zero attached hydrogens (tertiary/aromatic N) is 2. The molecular formula is C24H22F4N4O2. The number of hydrogen-bond donors (Lipinski definition) is 2. The van der Waals surface area contributed by atoms with Crippen molar-refractivity contribution in [3.63, 3.8) is 0 Å². The molecule has 0 unspecified atom stereocenters. The Kier molecular flexibility index (Phi) is 5.55. The first-order chi connectivity index (χ1) is 16.3. The molecule has 2 aliphatic rings. The number of carbonyl (C=O) groups is 2. The summed E-state index contributed by atoms with van der Waals surface area (Å²) in [6.07, 6.45) is 2.85. The van der Waals surface area contributed by atoms with E-state index in [9.17, 15) is 27.2 Å². The van der Waals surface area contributed by atoms with Crippen molar-refractivity contribution in [2.45, 2.75) is 38.8 Å². The average Bonchev–Trinajstić information content (AvgIpc) is 3.14. The Morgan fingerprint density at radius 3 is 2.62 bits per heavy atom. The predicted octanol–water partition coefficient (Wildman–Crippen LogP) is 3.66. The van der Waals surface area contributed by atoms with Crippen molar-refractivity contribution < 1.29 is 27.2 Å². The smallest absolute Gasteiger partial charge is 0.272 e. The maximum atomic E-state index is 13.8. The number of hydrazine groups is 1. The third-order valence-corrected chi connectivity index (χ3v) is 6.65. The zero-order chi connectivity index (χ0) is 24.1. The van der Waals surface area contributed by atoms with Crippen LogP contribution >= 0.6 is 0 Å². The fraction of sp³-hybridized carbons (Fsp3) is 0.333. The highest BCUT2D eigenvalue weighted by Crippen LogP contribution is 2.42. The Morgan fingerprint density at radius 1 is 1.03 bits per heavy atom. The molecule has 0 saturated carbocycles. The second-order valence-corrected chi connectivity index (χ2v) is 8.76. The molecule has 6 nitrogen and oxygen atoms in total. The summed E-state index contributed by atoms with van der Waals surface area (Å²) in [5, 5.41) is 1.25. The molecule has 34 heavy (non-hydrogen) atoms. The topological polar surface area (TPSA) is 66.4 Å². The number of aryl methyl sites for hydroxylation is 2. The summed E-state index contributed by atoms with van der Waals surface area (Å²) >= 11 is 0. The molecular weight excluding hydrogens is 452 g/mol. The van der Waals surface area contributed by atoms with Gasteiger partial charge in [0.15, 0.2) is 23.3 Å². The fourth-order valence-corrected chi connectivity index (χ4v) is 5.14. The van der Waals surface area contributed by atoms with Gasteiger partial charge >= 0.3 is 0 Å². The van der Waals surface area contributed by atoms with Crippen LogP contribution in [0.5, 0.6) is 0 Å². The maximum absolute atomic E-state index is 13.8. The van der Waals surface area contributed by atoms with Gasteiger partial charge in [0.05, 0.1) is 18.2 Å². The molecule has 2 N–H and O–H groups in total. The van der Waals surface area contributed by atoms with Crippen molar-refractivity contribution >= 4 is 22.7 Å². The van der Waals surface area contributed by atoms with Gasteiger partial charge in [-0.2, -0.15) is 0 Å². The minimum atomic E-state index is -2.09. The van der Waals surface area contributed by atoms with E-state index in [2.05, 4.69) is 35.1 Å². The molecule has 10 heteroatoms. The van der Waals surface area contributed by atoms with Gasteiger partial charge < -0.3 is 4.57 Å². The lowest BCUT2D eigenvalue weighted by molar-refractivity contribution is -0.124. The van der Waals surface area contributed by atoms with Gasteiger partial charge in [0.1, 0.15) is 0 Å². The Bertz CT molecular complexity index is 1340. The minimum absolute atomic E-state index is 0.0282. The zero-order valence-electron chi connectivity index (χ0n) is 18.4. The molecule has 0 spiro atoms. The van der Waals surface area contributed by atoms with Gasteiger partial charge in [0.25, 0.3) is 11.8 Å². The monoisotopic (exact) mass is 474 g/mol. The molecule has 178 valence electrons. The number of fused-ring (bicyclic) bond motifs is 3. The van der Waals surface area contributed by atoms with Crippen LogP contribution in [0.1, 0.15) is 46.1 Å². The molecule has 1 aliphatic heterocycles. The summed E-state index contributed by atoms with van der Waals surface area (Å²) in [5.41, 5.74) is 7.96. The molecule has 0 radical (unpaired) electrons. The number of rotatable bonds is 3. The highest BCUT2D eigenvalue weighted by atomic mass is 19.2. The van der Waals surface area contributed by atoms with Crippen LogP contribution in [0.25, 0.3) is 10.9 Å². The normalized spacial score (nSPS) is 17.5. The van der Waals surface area contributed by atoms with Crippen LogP contribution in [-0.2, 0) is 17.8 Å². The Labute approximate surface area is 192 Å². The van der Waals surface area contributed by atoms with Gasteiger partial charge in [-0.05, 0) is 49.9 Å². The molecule has 1 atom stereocenters. The molecule has 0 bridgehead atoms. The second kappa shape index (κ2) is 8.43. The van der Waals surface area contributed by atoms with Crippen molar-refractivity contribution in [1.29, 1.82) is 0 Å². The van der Waals surface area contributed by atoms with Gasteiger partial charge in [-0.1, -0.05) is 11.6 Å². The molecule has 0 fully saturated rings. The first-order valence-corrected chi connectivity index (χ1v) is 11.0. The molecule has 2 heterocycles. The van der Waals surface area contributed by atoms with E-state index in [0.717, 1.165) is 19.3 Å². The van der Waals surface area contributed by atoms with Crippen molar-refractivity contribution in [3.8, 4) is 0 Å². The lowest BCUT2D eigenvalue weighted by Crippen LogP contribution is -2.49. The summed E-state index contributed by atoms with van der Waals surface area (Å²) in [7, 11) is 0. The molecule has 1 aliphatic carbocycles. The molecule has 2 amide bonds. The Balaban J connectivity index is 1.30. The van der Waals surface area contributed by atoms with Crippen molar-refractivity contribution in [2.75, 3.05) is 13.1 Å². The van der Waals surface area contributed by atoms with Crippen molar-refractivity contribution in [3.05, 3.63) is 69.9 Å². The second-order valence-electron chi connectivity index (χ2n) is 8.76. The summed E-state index contributed by atoms with van der Waals surface area (Å²) in [6, 6.07) is 6.72. The largest absolute Gasteiger partial charge is 0.342 e. The first kappa shape index (κ1) is 22.4. The summed E-state index contributed by atoms with van der Waals surface area (Å²) in [5.74, 6) is -9.50. The number of amides is 2. The Morgan fingerprint density at radius 2 is 1.82 bits per heavy atom. The lowest BCUT2D eigenvalue weighted by atomic mass is 9.89. The third-order valence-electron chi connectivity index (χ3n) is 6.65. The van der Waals surface area contributed by atoms with E-state index in [1.165, 1.54) is 27.7 Å². The van der Waals surface area contributed by atoms with Crippen LogP contribution in [0.2, 0.25) is 0 Å². The number of hydrogen-bond acceptors (Lipinski definition) is 3. The minimum Gasteiger partial charge on any atom is -0.342 e. The molecule has 2 aromatic carbocycles. The van der Waals surface area contributed by atoms with Crippen LogP contribution in [0, 0.1) is 30.2 Å². The fourth-order valence-electron chi connectivity index (χ4n) is 5.14. The quantitative estimate of drug-likeness (QED) is 0.264.